The highest BCUT2D eigenvalue weighted by Gasteiger charge is 2.01. The molecule has 2 rings (SSSR count). The molecule has 0 spiro atoms. The molecule has 0 bridgehead atoms. The van der Waals surface area contributed by atoms with Gasteiger partial charge in [0.1, 0.15) is 5.82 Å². The molecule has 1 N–H and O–H groups in total. The molecule has 0 fully saturated rings. The highest BCUT2D eigenvalue weighted by atomic mass is 19.1. The minimum Gasteiger partial charge on any atom is -0.307 e. The summed E-state index contributed by atoms with van der Waals surface area (Å²) in [5.74, 6) is -0.273. The first-order valence-corrected chi connectivity index (χ1v) is 5.05. The van der Waals surface area contributed by atoms with Gasteiger partial charge in [-0.15, -0.1) is 0 Å². The zero-order valence-corrected chi connectivity index (χ0v) is 8.73. The summed E-state index contributed by atoms with van der Waals surface area (Å²) in [4.78, 5) is 7.89. The predicted octanol–water partition coefficient (Wildman–Crippen LogP) is 1.91. The molecule has 2 aromatic heterocycles. The van der Waals surface area contributed by atoms with Crippen molar-refractivity contribution >= 4 is 0 Å². The molecule has 4 heteroatoms. The fraction of sp³-hybridized carbons (Fsp3) is 0.167. The Bertz CT molecular complexity index is 445. The van der Waals surface area contributed by atoms with Crippen LogP contribution in [0.15, 0.2) is 42.9 Å². The van der Waals surface area contributed by atoms with Gasteiger partial charge >= 0.3 is 0 Å². The molecule has 2 aromatic rings. The molecule has 0 aliphatic carbocycles. The summed E-state index contributed by atoms with van der Waals surface area (Å²) in [6.07, 6.45) is 5.06. The largest absolute Gasteiger partial charge is 0.307 e. The number of nitrogens with one attached hydrogen (secondary N) is 1. The molecule has 0 unspecified atom stereocenters. The van der Waals surface area contributed by atoms with Gasteiger partial charge in [0.25, 0.3) is 0 Å². The van der Waals surface area contributed by atoms with Crippen molar-refractivity contribution in [3.05, 3.63) is 59.9 Å². The van der Waals surface area contributed by atoms with Crippen LogP contribution < -0.4 is 5.32 Å². The molecule has 0 amide bonds. The second kappa shape index (κ2) is 5.32. The first kappa shape index (κ1) is 10.7. The molecule has 0 aliphatic rings. The van der Waals surface area contributed by atoms with E-state index in [1.54, 1.807) is 24.7 Å². The van der Waals surface area contributed by atoms with Gasteiger partial charge in [-0.3, -0.25) is 9.97 Å². The predicted molar refractivity (Wildman–Crippen MR) is 59.0 cm³/mol. The number of hydrogen-bond acceptors (Lipinski definition) is 3. The Hall–Kier alpha value is -1.81. The number of halogens is 1. The maximum atomic E-state index is 13.2. The zero-order chi connectivity index (χ0) is 11.2. The normalized spacial score (nSPS) is 10.3. The van der Waals surface area contributed by atoms with Gasteiger partial charge in [0.15, 0.2) is 0 Å². The molecule has 0 radical (unpaired) electrons. The van der Waals surface area contributed by atoms with Crippen LogP contribution >= 0.6 is 0 Å². The van der Waals surface area contributed by atoms with E-state index in [4.69, 9.17) is 0 Å². The first-order chi connectivity index (χ1) is 7.86. The zero-order valence-electron chi connectivity index (χ0n) is 8.73. The SMILES string of the molecule is Fc1cccnc1CNCc1ccncc1. The van der Waals surface area contributed by atoms with Crippen molar-refractivity contribution in [1.29, 1.82) is 0 Å². The number of pyridine rings is 2. The molecule has 0 saturated heterocycles. The van der Waals surface area contributed by atoms with E-state index in [0.717, 1.165) is 5.56 Å². The van der Waals surface area contributed by atoms with Gasteiger partial charge in [0.05, 0.1) is 5.69 Å². The van der Waals surface area contributed by atoms with Gasteiger partial charge in [-0.25, -0.2) is 4.39 Å². The van der Waals surface area contributed by atoms with E-state index in [1.807, 2.05) is 12.1 Å². The number of rotatable bonds is 4. The lowest BCUT2D eigenvalue weighted by atomic mass is 10.2. The lowest BCUT2D eigenvalue weighted by molar-refractivity contribution is 0.574. The van der Waals surface area contributed by atoms with Crippen molar-refractivity contribution in [2.24, 2.45) is 0 Å². The van der Waals surface area contributed by atoms with E-state index in [-0.39, 0.29) is 5.82 Å². The summed E-state index contributed by atoms with van der Waals surface area (Å²) in [7, 11) is 0. The highest BCUT2D eigenvalue weighted by molar-refractivity contribution is 5.10. The molecule has 0 saturated carbocycles. The summed E-state index contributed by atoms with van der Waals surface area (Å²) < 4.78 is 13.2. The van der Waals surface area contributed by atoms with Crippen molar-refractivity contribution in [3.63, 3.8) is 0 Å². The fourth-order valence-electron chi connectivity index (χ4n) is 1.37. The average molecular weight is 217 g/mol. The minimum atomic E-state index is -0.273. The third kappa shape index (κ3) is 2.84. The van der Waals surface area contributed by atoms with Gasteiger partial charge < -0.3 is 5.32 Å². The second-order valence-corrected chi connectivity index (χ2v) is 3.39. The molecule has 0 aromatic carbocycles. The first-order valence-electron chi connectivity index (χ1n) is 5.05. The number of aromatic nitrogens is 2. The van der Waals surface area contributed by atoms with Gasteiger partial charge in [-0.2, -0.15) is 0 Å². The molecular weight excluding hydrogens is 205 g/mol. The third-order valence-electron chi connectivity index (χ3n) is 2.21. The monoisotopic (exact) mass is 217 g/mol. The smallest absolute Gasteiger partial charge is 0.146 e. The second-order valence-electron chi connectivity index (χ2n) is 3.39. The molecule has 16 heavy (non-hydrogen) atoms. The Labute approximate surface area is 93.4 Å². The Morgan fingerprint density at radius 3 is 2.62 bits per heavy atom. The van der Waals surface area contributed by atoms with E-state index in [0.29, 0.717) is 18.8 Å². The van der Waals surface area contributed by atoms with Crippen molar-refractivity contribution in [2.45, 2.75) is 13.1 Å². The minimum absolute atomic E-state index is 0.273. The van der Waals surface area contributed by atoms with Gasteiger partial charge in [0.2, 0.25) is 0 Å². The van der Waals surface area contributed by atoms with E-state index >= 15 is 0 Å². The van der Waals surface area contributed by atoms with Crippen molar-refractivity contribution in [2.75, 3.05) is 0 Å². The standard InChI is InChI=1S/C12H12FN3/c13-11-2-1-5-16-12(11)9-15-8-10-3-6-14-7-4-10/h1-7,15H,8-9H2. The van der Waals surface area contributed by atoms with Gasteiger partial charge in [-0.05, 0) is 29.8 Å². The van der Waals surface area contributed by atoms with Crippen LogP contribution in [-0.2, 0) is 13.1 Å². The summed E-state index contributed by atoms with van der Waals surface area (Å²) >= 11 is 0. The molecule has 0 aliphatic heterocycles. The summed E-state index contributed by atoms with van der Waals surface area (Å²) in [6.45, 7) is 1.10. The Balaban J connectivity index is 1.87. The number of nitrogens with zero attached hydrogens (tertiary/aromatic N) is 2. The van der Waals surface area contributed by atoms with Gasteiger partial charge in [0, 0.05) is 31.7 Å². The highest BCUT2D eigenvalue weighted by Crippen LogP contribution is 2.02. The summed E-state index contributed by atoms with van der Waals surface area (Å²) in [5, 5.41) is 3.13. The van der Waals surface area contributed by atoms with Crippen LogP contribution in [0.1, 0.15) is 11.3 Å². The van der Waals surface area contributed by atoms with Gasteiger partial charge in [-0.1, -0.05) is 0 Å². The topological polar surface area (TPSA) is 37.8 Å². The quantitative estimate of drug-likeness (QED) is 0.850. The van der Waals surface area contributed by atoms with Crippen LogP contribution in [0, 0.1) is 5.82 Å². The van der Waals surface area contributed by atoms with Crippen molar-refractivity contribution in [1.82, 2.24) is 15.3 Å². The van der Waals surface area contributed by atoms with Crippen LogP contribution in [0.2, 0.25) is 0 Å². The fourth-order valence-corrected chi connectivity index (χ4v) is 1.37. The van der Waals surface area contributed by atoms with Crippen molar-refractivity contribution < 1.29 is 4.39 Å². The van der Waals surface area contributed by atoms with E-state index < -0.39 is 0 Å². The molecular formula is C12H12FN3. The molecule has 82 valence electrons. The van der Waals surface area contributed by atoms with Crippen LogP contribution in [0.3, 0.4) is 0 Å². The van der Waals surface area contributed by atoms with E-state index in [9.17, 15) is 4.39 Å². The van der Waals surface area contributed by atoms with Crippen LogP contribution in [0.5, 0.6) is 0 Å². The van der Waals surface area contributed by atoms with Crippen LogP contribution in [-0.4, -0.2) is 9.97 Å². The van der Waals surface area contributed by atoms with E-state index in [1.165, 1.54) is 6.07 Å². The summed E-state index contributed by atoms with van der Waals surface area (Å²) in [6, 6.07) is 6.84. The molecule has 3 nitrogen and oxygen atoms in total. The third-order valence-corrected chi connectivity index (χ3v) is 2.21. The molecule has 0 atom stereocenters. The average Bonchev–Trinajstić information content (AvgIpc) is 2.33. The van der Waals surface area contributed by atoms with Crippen molar-refractivity contribution in [3.8, 4) is 0 Å². The van der Waals surface area contributed by atoms with Crippen LogP contribution in [0.4, 0.5) is 4.39 Å². The Morgan fingerprint density at radius 1 is 1.06 bits per heavy atom. The maximum Gasteiger partial charge on any atom is 0.146 e. The lowest BCUT2D eigenvalue weighted by Gasteiger charge is -2.04. The Morgan fingerprint density at radius 2 is 1.88 bits per heavy atom. The lowest BCUT2D eigenvalue weighted by Crippen LogP contribution is -2.14. The van der Waals surface area contributed by atoms with Crippen LogP contribution in [0.25, 0.3) is 0 Å². The number of hydrogen-bond donors (Lipinski definition) is 1. The maximum absolute atomic E-state index is 13.2. The Kier molecular flexibility index (Phi) is 3.56. The molecule has 2 heterocycles. The summed E-state index contributed by atoms with van der Waals surface area (Å²) in [5.41, 5.74) is 1.56. The van der Waals surface area contributed by atoms with E-state index in [2.05, 4.69) is 15.3 Å².